The monoisotopic (exact) mass is 264 g/mol. The zero-order valence-corrected chi connectivity index (χ0v) is 10.3. The fourth-order valence-corrected chi connectivity index (χ4v) is 2.53. The highest BCUT2D eigenvalue weighted by molar-refractivity contribution is 5.71. The maximum atomic E-state index is 13.3. The average molecular weight is 264 g/mol. The lowest BCUT2D eigenvalue weighted by atomic mass is 10.1. The van der Waals surface area contributed by atoms with Crippen LogP contribution in [-0.4, -0.2) is 15.2 Å². The van der Waals surface area contributed by atoms with Crippen molar-refractivity contribution in [2.24, 2.45) is 0 Å². The van der Waals surface area contributed by atoms with Gasteiger partial charge in [0.25, 0.3) is 0 Å². The highest BCUT2D eigenvalue weighted by atomic mass is 19.2. The van der Waals surface area contributed by atoms with Gasteiger partial charge >= 0.3 is 0 Å². The van der Waals surface area contributed by atoms with E-state index in [1.165, 1.54) is 12.8 Å². The Labute approximate surface area is 109 Å². The van der Waals surface area contributed by atoms with Crippen molar-refractivity contribution >= 4 is 5.69 Å². The molecule has 1 fully saturated rings. The molecule has 0 spiro atoms. The van der Waals surface area contributed by atoms with Crippen LogP contribution in [0.1, 0.15) is 37.4 Å². The van der Waals surface area contributed by atoms with E-state index in [1.54, 1.807) is 0 Å². The van der Waals surface area contributed by atoms with E-state index in [2.05, 4.69) is 15.2 Å². The quantitative estimate of drug-likeness (QED) is 0.819. The van der Waals surface area contributed by atoms with Gasteiger partial charge in [0.05, 0.1) is 0 Å². The summed E-state index contributed by atoms with van der Waals surface area (Å²) in [5, 5.41) is 6.93. The fraction of sp³-hybridized carbons (Fsp3) is 0.385. The van der Waals surface area contributed by atoms with Gasteiger partial charge in [-0.2, -0.15) is 5.10 Å². The van der Waals surface area contributed by atoms with Crippen LogP contribution in [0, 0.1) is 11.6 Å². The third-order valence-electron chi connectivity index (χ3n) is 3.58. The van der Waals surface area contributed by atoms with Gasteiger partial charge in [-0.3, -0.25) is 5.10 Å². The minimum Gasteiger partial charge on any atom is -0.398 e. The molecule has 0 amide bonds. The summed E-state index contributed by atoms with van der Waals surface area (Å²) in [5.74, 6) is -0.410. The van der Waals surface area contributed by atoms with Crippen LogP contribution in [0.3, 0.4) is 0 Å². The molecule has 100 valence electrons. The highest BCUT2D eigenvalue weighted by Crippen LogP contribution is 2.33. The van der Waals surface area contributed by atoms with E-state index < -0.39 is 11.6 Å². The molecule has 6 heteroatoms. The Bertz CT molecular complexity index is 603. The Morgan fingerprint density at radius 1 is 1.16 bits per heavy atom. The van der Waals surface area contributed by atoms with Gasteiger partial charge in [0.1, 0.15) is 5.82 Å². The molecule has 1 aromatic carbocycles. The van der Waals surface area contributed by atoms with Gasteiger partial charge in [-0.15, -0.1) is 0 Å². The largest absolute Gasteiger partial charge is 0.398 e. The van der Waals surface area contributed by atoms with Crippen LogP contribution in [0.2, 0.25) is 0 Å². The lowest BCUT2D eigenvalue weighted by Crippen LogP contribution is -1.97. The molecule has 1 saturated carbocycles. The molecule has 19 heavy (non-hydrogen) atoms. The summed E-state index contributed by atoms with van der Waals surface area (Å²) in [6, 6.07) is 1.99. The molecule has 0 saturated heterocycles. The van der Waals surface area contributed by atoms with Crippen molar-refractivity contribution in [2.45, 2.75) is 31.6 Å². The number of nitrogen functional groups attached to an aromatic ring is 1. The standard InChI is InChI=1S/C13H14F2N4/c14-9-5-8(11(16)6-10(9)15)13-17-12(18-19-13)7-3-1-2-4-7/h5-7H,1-4,16H2,(H,17,18,19). The van der Waals surface area contributed by atoms with Crippen molar-refractivity contribution < 1.29 is 8.78 Å². The van der Waals surface area contributed by atoms with Crippen molar-refractivity contribution in [1.82, 2.24) is 15.2 Å². The van der Waals surface area contributed by atoms with Gasteiger partial charge in [-0.05, 0) is 18.9 Å². The number of halogens is 2. The van der Waals surface area contributed by atoms with Crippen molar-refractivity contribution in [3.63, 3.8) is 0 Å². The molecular weight excluding hydrogens is 250 g/mol. The number of nitrogens with two attached hydrogens (primary N) is 1. The van der Waals surface area contributed by atoms with Crippen LogP contribution in [0.5, 0.6) is 0 Å². The molecule has 3 N–H and O–H groups in total. The van der Waals surface area contributed by atoms with Crippen molar-refractivity contribution in [3.05, 3.63) is 29.6 Å². The van der Waals surface area contributed by atoms with E-state index in [1.807, 2.05) is 0 Å². The number of nitrogens with zero attached hydrogens (tertiary/aromatic N) is 2. The second kappa shape index (κ2) is 4.60. The predicted molar refractivity (Wildman–Crippen MR) is 67.4 cm³/mol. The zero-order chi connectivity index (χ0) is 13.4. The Morgan fingerprint density at radius 2 is 1.84 bits per heavy atom. The molecule has 4 nitrogen and oxygen atoms in total. The van der Waals surface area contributed by atoms with Crippen LogP contribution in [-0.2, 0) is 0 Å². The molecule has 1 heterocycles. The highest BCUT2D eigenvalue weighted by Gasteiger charge is 2.21. The fourth-order valence-electron chi connectivity index (χ4n) is 2.53. The average Bonchev–Trinajstić information content (AvgIpc) is 3.03. The molecule has 2 aromatic rings. The van der Waals surface area contributed by atoms with Crippen molar-refractivity contribution in [3.8, 4) is 11.4 Å². The number of aromatic nitrogens is 3. The number of benzene rings is 1. The Kier molecular flexibility index (Phi) is 2.93. The number of nitrogens with one attached hydrogen (secondary N) is 1. The van der Waals surface area contributed by atoms with Crippen LogP contribution in [0.25, 0.3) is 11.4 Å². The zero-order valence-electron chi connectivity index (χ0n) is 10.3. The molecule has 1 aromatic heterocycles. The SMILES string of the molecule is Nc1cc(F)c(F)cc1-c1n[nH]c(C2CCCC2)n1. The first-order valence-corrected chi connectivity index (χ1v) is 6.32. The van der Waals surface area contributed by atoms with E-state index in [0.717, 1.165) is 30.8 Å². The molecule has 0 aliphatic heterocycles. The van der Waals surface area contributed by atoms with E-state index in [0.29, 0.717) is 17.3 Å². The summed E-state index contributed by atoms with van der Waals surface area (Å²) in [5.41, 5.74) is 6.14. The van der Waals surface area contributed by atoms with E-state index in [9.17, 15) is 8.78 Å². The van der Waals surface area contributed by atoms with E-state index >= 15 is 0 Å². The maximum absolute atomic E-state index is 13.3. The first-order valence-electron chi connectivity index (χ1n) is 6.32. The van der Waals surface area contributed by atoms with Crippen molar-refractivity contribution in [2.75, 3.05) is 5.73 Å². The first-order chi connectivity index (χ1) is 9.15. The third kappa shape index (κ3) is 2.18. The van der Waals surface area contributed by atoms with Crippen LogP contribution in [0.15, 0.2) is 12.1 Å². The van der Waals surface area contributed by atoms with E-state index in [-0.39, 0.29) is 5.69 Å². The normalized spacial score (nSPS) is 16.1. The minimum absolute atomic E-state index is 0.135. The molecule has 0 unspecified atom stereocenters. The summed E-state index contributed by atoms with van der Waals surface area (Å²) in [4.78, 5) is 4.36. The molecule has 0 bridgehead atoms. The molecule has 1 aliphatic carbocycles. The lowest BCUT2D eigenvalue weighted by molar-refractivity contribution is 0.509. The van der Waals surface area contributed by atoms with Crippen LogP contribution in [0.4, 0.5) is 14.5 Å². The van der Waals surface area contributed by atoms with Gasteiger partial charge in [0.15, 0.2) is 17.5 Å². The smallest absolute Gasteiger partial charge is 0.183 e. The molecule has 0 atom stereocenters. The summed E-state index contributed by atoms with van der Waals surface area (Å²) >= 11 is 0. The molecular formula is C13H14F2N4. The molecule has 3 rings (SSSR count). The van der Waals surface area contributed by atoms with Gasteiger partial charge in [0, 0.05) is 23.2 Å². The molecule has 0 radical (unpaired) electrons. The Morgan fingerprint density at radius 3 is 2.58 bits per heavy atom. The lowest BCUT2D eigenvalue weighted by Gasteiger charge is -2.03. The summed E-state index contributed by atoms with van der Waals surface area (Å²) < 4.78 is 26.3. The minimum atomic E-state index is -0.965. The van der Waals surface area contributed by atoms with Gasteiger partial charge in [-0.1, -0.05) is 12.8 Å². The van der Waals surface area contributed by atoms with Crippen LogP contribution < -0.4 is 5.73 Å². The summed E-state index contributed by atoms with van der Waals surface area (Å²) in [6.45, 7) is 0. The number of rotatable bonds is 2. The van der Waals surface area contributed by atoms with Gasteiger partial charge in [-0.25, -0.2) is 13.8 Å². The topological polar surface area (TPSA) is 67.6 Å². The number of H-pyrrole nitrogens is 1. The summed E-state index contributed by atoms with van der Waals surface area (Å²) in [6.07, 6.45) is 4.55. The first kappa shape index (κ1) is 12.1. The maximum Gasteiger partial charge on any atom is 0.183 e. The second-order valence-electron chi connectivity index (χ2n) is 4.88. The number of hydrogen-bond acceptors (Lipinski definition) is 3. The number of aromatic amines is 1. The summed E-state index contributed by atoms with van der Waals surface area (Å²) in [7, 11) is 0. The third-order valence-corrected chi connectivity index (χ3v) is 3.58. The molecule has 1 aliphatic rings. The number of hydrogen-bond donors (Lipinski definition) is 2. The predicted octanol–water partition coefficient (Wildman–Crippen LogP) is 2.99. The number of anilines is 1. The van der Waals surface area contributed by atoms with Crippen molar-refractivity contribution in [1.29, 1.82) is 0 Å². The Balaban J connectivity index is 1.96. The van der Waals surface area contributed by atoms with Gasteiger partial charge in [0.2, 0.25) is 0 Å². The second-order valence-corrected chi connectivity index (χ2v) is 4.88. The Hall–Kier alpha value is -1.98. The van der Waals surface area contributed by atoms with Crippen LogP contribution >= 0.6 is 0 Å². The van der Waals surface area contributed by atoms with Gasteiger partial charge < -0.3 is 5.73 Å². The van der Waals surface area contributed by atoms with E-state index in [4.69, 9.17) is 5.73 Å².